The number of hydrogen-bond acceptors (Lipinski definition) is 7. The fraction of sp³-hybridized carbons (Fsp3) is 0.632. The molecule has 0 bridgehead atoms. The molecule has 6 atom stereocenters. The quantitative estimate of drug-likeness (QED) is 0.640. The maximum absolute atomic E-state index is 14.9. The van der Waals surface area contributed by atoms with E-state index >= 15 is 0 Å². The second-order valence-corrected chi connectivity index (χ2v) is 7.65. The first kappa shape index (κ1) is 18.8. The highest BCUT2D eigenvalue weighted by Gasteiger charge is 2.47. The zero-order chi connectivity index (χ0) is 19.1. The van der Waals surface area contributed by atoms with Crippen LogP contribution in [0.25, 0.3) is 6.08 Å². The number of nitrogens with one attached hydrogen (secondary N) is 2. The van der Waals surface area contributed by atoms with Gasteiger partial charge in [-0.2, -0.15) is 0 Å². The van der Waals surface area contributed by atoms with Crippen molar-refractivity contribution in [3.8, 4) is 5.75 Å². The minimum absolute atomic E-state index is 0.0149. The largest absolute Gasteiger partial charge is 0.470 e. The molecule has 8 heteroatoms. The van der Waals surface area contributed by atoms with Gasteiger partial charge in [-0.1, -0.05) is 6.92 Å². The number of nitrogens with zero attached hydrogens (tertiary/aromatic N) is 2. The van der Waals surface area contributed by atoms with Crippen molar-refractivity contribution in [3.05, 3.63) is 28.5 Å². The smallest absolute Gasteiger partial charge is 0.174 e. The molecule has 0 aromatic heterocycles. The van der Waals surface area contributed by atoms with Crippen molar-refractivity contribution in [2.45, 2.75) is 51.3 Å². The third-order valence-corrected chi connectivity index (χ3v) is 5.43. The lowest BCUT2D eigenvalue weighted by atomic mass is 9.99. The van der Waals surface area contributed by atoms with E-state index in [1.165, 1.54) is 0 Å². The standard InChI is InChI=1S/C19H27FN4O3/c1-10-6-13-14(23-10)4-5-15(17(13)20)27-19-18-12(3)16(26-8-11(2)25)7-24(18)22-9-21-19/h4-6,10-12,16,18-19,21-22,25H,7-9H2,1-3H3. The van der Waals surface area contributed by atoms with Crippen LogP contribution in [0.5, 0.6) is 5.75 Å². The highest BCUT2D eigenvalue weighted by molar-refractivity contribution is 5.38. The maximum atomic E-state index is 14.9. The molecule has 148 valence electrons. The van der Waals surface area contributed by atoms with E-state index in [1.54, 1.807) is 19.1 Å². The molecule has 3 aliphatic rings. The van der Waals surface area contributed by atoms with Crippen LogP contribution in [0.1, 0.15) is 20.8 Å². The lowest BCUT2D eigenvalue weighted by Crippen LogP contribution is -2.64. The molecule has 0 amide bonds. The summed E-state index contributed by atoms with van der Waals surface area (Å²) in [6.07, 6.45) is 0.917. The average molecular weight is 378 g/mol. The number of hydrogen-bond donors (Lipinski definition) is 3. The first-order valence-corrected chi connectivity index (χ1v) is 9.52. The summed E-state index contributed by atoms with van der Waals surface area (Å²) in [4.78, 5) is 4.39. The molecule has 4 rings (SSSR count). The zero-order valence-electron chi connectivity index (χ0n) is 15.9. The van der Waals surface area contributed by atoms with Crippen LogP contribution >= 0.6 is 0 Å². The third kappa shape index (κ3) is 3.60. The Morgan fingerprint density at radius 3 is 3.00 bits per heavy atom. The number of hydrazine groups is 1. The number of ether oxygens (including phenoxy) is 2. The number of rotatable bonds is 5. The Hall–Kier alpha value is -1.58. The van der Waals surface area contributed by atoms with Crippen LogP contribution in [0.4, 0.5) is 4.39 Å². The van der Waals surface area contributed by atoms with E-state index in [0.717, 1.165) is 0 Å². The summed E-state index contributed by atoms with van der Waals surface area (Å²) in [5, 5.41) is 16.0. The Kier molecular flexibility index (Phi) is 5.17. The van der Waals surface area contributed by atoms with E-state index < -0.39 is 6.10 Å². The molecule has 1 aromatic carbocycles. The first-order valence-electron chi connectivity index (χ1n) is 9.52. The summed E-state index contributed by atoms with van der Waals surface area (Å²) < 4.78 is 26.8. The molecule has 2 fully saturated rings. The van der Waals surface area contributed by atoms with E-state index in [4.69, 9.17) is 9.47 Å². The van der Waals surface area contributed by atoms with E-state index in [2.05, 4.69) is 27.7 Å². The van der Waals surface area contributed by atoms with Gasteiger partial charge in [-0.05, 0) is 32.1 Å². The van der Waals surface area contributed by atoms with Gasteiger partial charge < -0.3 is 14.6 Å². The number of aliphatic hydroxyl groups excluding tert-OH is 1. The lowest BCUT2D eigenvalue weighted by molar-refractivity contribution is -0.0233. The molecular weight excluding hydrogens is 351 g/mol. The Balaban J connectivity index is 1.53. The Morgan fingerprint density at radius 2 is 2.22 bits per heavy atom. The molecule has 3 N–H and O–H groups in total. The molecule has 0 aliphatic carbocycles. The highest BCUT2D eigenvalue weighted by atomic mass is 19.1. The van der Waals surface area contributed by atoms with E-state index in [9.17, 15) is 9.50 Å². The van der Waals surface area contributed by atoms with Crippen LogP contribution in [0.15, 0.2) is 17.1 Å². The second-order valence-electron chi connectivity index (χ2n) is 7.65. The van der Waals surface area contributed by atoms with Crippen LogP contribution in [0.3, 0.4) is 0 Å². The van der Waals surface area contributed by atoms with Gasteiger partial charge in [0.2, 0.25) is 0 Å². The van der Waals surface area contributed by atoms with Gasteiger partial charge in [0, 0.05) is 17.7 Å². The van der Waals surface area contributed by atoms with E-state index in [-0.39, 0.29) is 41.9 Å². The summed E-state index contributed by atoms with van der Waals surface area (Å²) in [5.41, 5.74) is 3.29. The van der Waals surface area contributed by atoms with Crippen molar-refractivity contribution < 1.29 is 19.0 Å². The number of benzene rings is 1. The fourth-order valence-corrected chi connectivity index (χ4v) is 4.10. The zero-order valence-corrected chi connectivity index (χ0v) is 15.9. The Bertz CT molecular complexity index is 818. The Morgan fingerprint density at radius 1 is 1.41 bits per heavy atom. The molecule has 3 heterocycles. The predicted octanol–water partition coefficient (Wildman–Crippen LogP) is -0.516. The van der Waals surface area contributed by atoms with Crippen LogP contribution in [-0.4, -0.2) is 60.5 Å². The second kappa shape index (κ2) is 7.44. The van der Waals surface area contributed by atoms with E-state index in [0.29, 0.717) is 30.4 Å². The lowest BCUT2D eigenvalue weighted by Gasteiger charge is -2.39. The Labute approximate surface area is 157 Å². The summed E-state index contributed by atoms with van der Waals surface area (Å²) in [6.45, 7) is 7.25. The highest BCUT2D eigenvalue weighted by Crippen LogP contribution is 2.30. The van der Waals surface area contributed by atoms with Crippen molar-refractivity contribution in [3.63, 3.8) is 0 Å². The van der Waals surface area contributed by atoms with Gasteiger partial charge in [-0.3, -0.25) is 10.3 Å². The molecule has 7 nitrogen and oxygen atoms in total. The fourth-order valence-electron chi connectivity index (χ4n) is 4.10. The third-order valence-electron chi connectivity index (χ3n) is 5.43. The average Bonchev–Trinajstić information content (AvgIpc) is 3.16. The predicted molar refractivity (Wildman–Crippen MR) is 97.7 cm³/mol. The molecule has 0 saturated carbocycles. The van der Waals surface area contributed by atoms with Crippen molar-refractivity contribution >= 4 is 6.08 Å². The monoisotopic (exact) mass is 378 g/mol. The van der Waals surface area contributed by atoms with Crippen LogP contribution in [-0.2, 0) is 4.74 Å². The molecular formula is C19H27FN4O3. The van der Waals surface area contributed by atoms with Gasteiger partial charge >= 0.3 is 0 Å². The number of halogens is 1. The molecule has 0 spiro atoms. The van der Waals surface area contributed by atoms with Crippen molar-refractivity contribution in [2.75, 3.05) is 19.8 Å². The molecule has 2 saturated heterocycles. The van der Waals surface area contributed by atoms with Gasteiger partial charge in [0.25, 0.3) is 0 Å². The van der Waals surface area contributed by atoms with Gasteiger partial charge in [-0.15, -0.1) is 0 Å². The van der Waals surface area contributed by atoms with Crippen molar-refractivity contribution in [2.24, 2.45) is 10.9 Å². The van der Waals surface area contributed by atoms with Gasteiger partial charge in [-0.25, -0.2) is 14.8 Å². The molecule has 6 unspecified atom stereocenters. The van der Waals surface area contributed by atoms with Crippen LogP contribution in [0, 0.1) is 11.7 Å². The normalized spacial score (nSPS) is 33.7. The number of aliphatic hydroxyl groups is 1. The summed E-state index contributed by atoms with van der Waals surface area (Å²) >= 11 is 0. The van der Waals surface area contributed by atoms with Crippen molar-refractivity contribution in [1.29, 1.82) is 0 Å². The summed E-state index contributed by atoms with van der Waals surface area (Å²) in [7, 11) is 0. The first-order chi connectivity index (χ1) is 12.9. The van der Waals surface area contributed by atoms with Gasteiger partial charge in [0.1, 0.15) is 0 Å². The molecule has 3 aliphatic heterocycles. The number of fused-ring (bicyclic) bond motifs is 2. The topological polar surface area (TPSA) is 78.4 Å². The molecule has 0 radical (unpaired) electrons. The molecule has 1 aromatic rings. The van der Waals surface area contributed by atoms with Gasteiger partial charge in [0.05, 0.1) is 42.9 Å². The SMILES string of the molecule is CC(O)COC1CN2NCNC(Oc3ccc4c(c3F)=CC(C)N=4)C2C1C. The maximum Gasteiger partial charge on any atom is 0.174 e. The summed E-state index contributed by atoms with van der Waals surface area (Å²) in [5.74, 6) is 0.0161. The minimum Gasteiger partial charge on any atom is -0.470 e. The molecule has 27 heavy (non-hydrogen) atoms. The van der Waals surface area contributed by atoms with E-state index in [1.807, 2.05) is 13.0 Å². The minimum atomic E-state index is -0.502. The van der Waals surface area contributed by atoms with Crippen LogP contribution < -0.4 is 26.1 Å². The summed E-state index contributed by atoms with van der Waals surface area (Å²) in [6, 6.07) is 3.43. The van der Waals surface area contributed by atoms with Crippen LogP contribution in [0.2, 0.25) is 0 Å². The van der Waals surface area contributed by atoms with Gasteiger partial charge in [0.15, 0.2) is 17.8 Å². The van der Waals surface area contributed by atoms with Crippen molar-refractivity contribution in [1.82, 2.24) is 15.8 Å².